The molecule has 4 nitrogen and oxygen atoms in total. The van der Waals surface area contributed by atoms with Gasteiger partial charge in [-0.25, -0.2) is 4.39 Å². The second-order valence-corrected chi connectivity index (χ2v) is 3.32. The van der Waals surface area contributed by atoms with Gasteiger partial charge in [-0.3, -0.25) is 9.78 Å². The summed E-state index contributed by atoms with van der Waals surface area (Å²) in [4.78, 5) is 14.1. The lowest BCUT2D eigenvalue weighted by Gasteiger charge is -2.07. The lowest BCUT2D eigenvalue weighted by molar-refractivity contribution is -0.105. The standard InChI is InChI=1S/C12H10FN3O/c13-11-7-10(1-2-12(11)15-8-17)16-9-3-5-14-6-4-9/h1-8H,(H,14,16)(H,15,17). The van der Waals surface area contributed by atoms with Crippen LogP contribution in [-0.4, -0.2) is 11.4 Å². The SMILES string of the molecule is O=CNc1ccc(Nc2ccncc2)cc1F. The van der Waals surface area contributed by atoms with Crippen LogP contribution in [0.5, 0.6) is 0 Å². The molecule has 2 N–H and O–H groups in total. The highest BCUT2D eigenvalue weighted by Gasteiger charge is 2.02. The van der Waals surface area contributed by atoms with Crippen LogP contribution in [0.25, 0.3) is 0 Å². The summed E-state index contributed by atoms with van der Waals surface area (Å²) in [5.41, 5.74) is 1.57. The number of anilines is 3. The van der Waals surface area contributed by atoms with Crippen molar-refractivity contribution in [3.05, 3.63) is 48.5 Å². The molecule has 0 saturated heterocycles. The van der Waals surface area contributed by atoms with Crippen molar-refractivity contribution in [3.8, 4) is 0 Å². The van der Waals surface area contributed by atoms with E-state index in [0.29, 0.717) is 12.1 Å². The second kappa shape index (κ2) is 5.07. The van der Waals surface area contributed by atoms with Gasteiger partial charge in [0.25, 0.3) is 0 Å². The molecule has 2 aromatic rings. The molecule has 0 radical (unpaired) electrons. The Morgan fingerprint density at radius 2 is 1.88 bits per heavy atom. The Morgan fingerprint density at radius 3 is 2.53 bits per heavy atom. The van der Waals surface area contributed by atoms with Gasteiger partial charge in [-0.15, -0.1) is 0 Å². The average Bonchev–Trinajstić information content (AvgIpc) is 2.34. The number of pyridine rings is 1. The molecule has 0 bridgehead atoms. The number of nitrogens with one attached hydrogen (secondary N) is 2. The summed E-state index contributed by atoms with van der Waals surface area (Å²) in [6, 6.07) is 8.03. The predicted octanol–water partition coefficient (Wildman–Crippen LogP) is 2.53. The van der Waals surface area contributed by atoms with Gasteiger partial charge in [0.15, 0.2) is 0 Å². The first-order valence-electron chi connectivity index (χ1n) is 4.96. The van der Waals surface area contributed by atoms with Crippen molar-refractivity contribution in [3.63, 3.8) is 0 Å². The number of hydrogen-bond donors (Lipinski definition) is 2. The zero-order chi connectivity index (χ0) is 12.1. The van der Waals surface area contributed by atoms with Crippen molar-refractivity contribution in [1.82, 2.24) is 4.98 Å². The first kappa shape index (κ1) is 11.1. The van der Waals surface area contributed by atoms with E-state index in [-0.39, 0.29) is 5.69 Å². The monoisotopic (exact) mass is 231 g/mol. The van der Waals surface area contributed by atoms with Crippen molar-refractivity contribution < 1.29 is 9.18 Å². The van der Waals surface area contributed by atoms with E-state index in [1.165, 1.54) is 12.1 Å². The van der Waals surface area contributed by atoms with Crippen LogP contribution in [0, 0.1) is 5.82 Å². The molecular weight excluding hydrogens is 221 g/mol. The molecule has 0 aliphatic carbocycles. The lowest BCUT2D eigenvalue weighted by atomic mass is 10.2. The van der Waals surface area contributed by atoms with Crippen LogP contribution in [0.2, 0.25) is 0 Å². The van der Waals surface area contributed by atoms with Crippen LogP contribution in [0.1, 0.15) is 0 Å². The van der Waals surface area contributed by atoms with Crippen molar-refractivity contribution in [2.45, 2.75) is 0 Å². The number of carbonyl (C=O) groups is 1. The molecule has 0 saturated carbocycles. The second-order valence-electron chi connectivity index (χ2n) is 3.32. The van der Waals surface area contributed by atoms with Gasteiger partial charge in [-0.2, -0.15) is 0 Å². The van der Waals surface area contributed by atoms with Gasteiger partial charge in [0.1, 0.15) is 5.82 Å². The van der Waals surface area contributed by atoms with Gasteiger partial charge in [0.2, 0.25) is 6.41 Å². The Kier molecular flexibility index (Phi) is 3.30. The van der Waals surface area contributed by atoms with E-state index >= 15 is 0 Å². The fraction of sp³-hybridized carbons (Fsp3) is 0. The smallest absolute Gasteiger partial charge is 0.211 e. The van der Waals surface area contributed by atoms with Crippen LogP contribution in [0.4, 0.5) is 21.5 Å². The zero-order valence-corrected chi connectivity index (χ0v) is 8.85. The van der Waals surface area contributed by atoms with Crippen molar-refractivity contribution in [2.24, 2.45) is 0 Å². The minimum absolute atomic E-state index is 0.153. The number of nitrogens with zero attached hydrogens (tertiary/aromatic N) is 1. The lowest BCUT2D eigenvalue weighted by Crippen LogP contribution is -1.98. The largest absolute Gasteiger partial charge is 0.355 e. The van der Waals surface area contributed by atoms with Crippen molar-refractivity contribution in [2.75, 3.05) is 10.6 Å². The van der Waals surface area contributed by atoms with Crippen LogP contribution < -0.4 is 10.6 Å². The Balaban J connectivity index is 2.18. The maximum Gasteiger partial charge on any atom is 0.211 e. The van der Waals surface area contributed by atoms with Crippen molar-refractivity contribution >= 4 is 23.5 Å². The maximum atomic E-state index is 13.5. The number of carbonyl (C=O) groups excluding carboxylic acids is 1. The molecule has 0 fully saturated rings. The Morgan fingerprint density at radius 1 is 1.12 bits per heavy atom. The van der Waals surface area contributed by atoms with E-state index < -0.39 is 5.82 Å². The first-order valence-corrected chi connectivity index (χ1v) is 4.96. The average molecular weight is 231 g/mol. The molecule has 86 valence electrons. The van der Waals surface area contributed by atoms with Crippen LogP contribution >= 0.6 is 0 Å². The molecule has 0 aliphatic rings. The number of hydrogen-bond acceptors (Lipinski definition) is 3. The summed E-state index contributed by atoms with van der Waals surface area (Å²) in [5.74, 6) is -0.490. The summed E-state index contributed by atoms with van der Waals surface area (Å²) in [6.45, 7) is 0. The van der Waals surface area contributed by atoms with Crippen LogP contribution in [0.15, 0.2) is 42.7 Å². The molecular formula is C12H10FN3O. The quantitative estimate of drug-likeness (QED) is 0.795. The first-order chi connectivity index (χ1) is 8.29. The van der Waals surface area contributed by atoms with Gasteiger partial charge < -0.3 is 10.6 Å². The van der Waals surface area contributed by atoms with E-state index in [1.54, 1.807) is 30.6 Å². The van der Waals surface area contributed by atoms with Gasteiger partial charge in [-0.05, 0) is 30.3 Å². The van der Waals surface area contributed by atoms with E-state index in [4.69, 9.17) is 0 Å². The Bertz CT molecular complexity index is 516. The molecule has 1 amide bonds. The molecule has 2 rings (SSSR count). The Labute approximate surface area is 97.5 Å². The molecule has 0 spiro atoms. The summed E-state index contributed by atoms with van der Waals surface area (Å²) >= 11 is 0. The molecule has 17 heavy (non-hydrogen) atoms. The third kappa shape index (κ3) is 2.78. The minimum Gasteiger partial charge on any atom is -0.355 e. The summed E-state index contributed by atoms with van der Waals surface area (Å²) < 4.78 is 13.5. The molecule has 5 heteroatoms. The summed E-state index contributed by atoms with van der Waals surface area (Å²) in [7, 11) is 0. The van der Waals surface area contributed by atoms with E-state index in [1.807, 2.05) is 0 Å². The minimum atomic E-state index is -0.490. The number of amides is 1. The number of benzene rings is 1. The number of halogens is 1. The number of aromatic nitrogens is 1. The van der Waals surface area contributed by atoms with Gasteiger partial charge in [0.05, 0.1) is 5.69 Å². The highest BCUT2D eigenvalue weighted by atomic mass is 19.1. The van der Waals surface area contributed by atoms with Gasteiger partial charge in [-0.1, -0.05) is 0 Å². The molecule has 0 atom stereocenters. The fourth-order valence-corrected chi connectivity index (χ4v) is 1.38. The molecule has 1 aromatic heterocycles. The topological polar surface area (TPSA) is 54.0 Å². The third-order valence-electron chi connectivity index (χ3n) is 2.15. The van der Waals surface area contributed by atoms with E-state index in [2.05, 4.69) is 15.6 Å². The van der Waals surface area contributed by atoms with Gasteiger partial charge >= 0.3 is 0 Å². The maximum absolute atomic E-state index is 13.5. The summed E-state index contributed by atoms with van der Waals surface area (Å²) in [6.07, 6.45) is 3.72. The highest BCUT2D eigenvalue weighted by molar-refractivity contribution is 5.73. The molecule has 0 unspecified atom stereocenters. The van der Waals surface area contributed by atoms with Crippen LogP contribution in [-0.2, 0) is 4.79 Å². The van der Waals surface area contributed by atoms with E-state index in [9.17, 15) is 9.18 Å². The van der Waals surface area contributed by atoms with Crippen molar-refractivity contribution in [1.29, 1.82) is 0 Å². The predicted molar refractivity (Wildman–Crippen MR) is 63.6 cm³/mol. The molecule has 0 aliphatic heterocycles. The molecule has 1 heterocycles. The normalized spacial score (nSPS) is 9.71. The molecule has 1 aromatic carbocycles. The highest BCUT2D eigenvalue weighted by Crippen LogP contribution is 2.21. The van der Waals surface area contributed by atoms with E-state index in [0.717, 1.165) is 5.69 Å². The summed E-state index contributed by atoms with van der Waals surface area (Å²) in [5, 5.41) is 5.29. The third-order valence-corrected chi connectivity index (χ3v) is 2.15. The Hall–Kier alpha value is -2.43. The van der Waals surface area contributed by atoms with Gasteiger partial charge in [0, 0.05) is 23.8 Å². The number of rotatable bonds is 4. The van der Waals surface area contributed by atoms with Crippen LogP contribution in [0.3, 0.4) is 0 Å². The fourth-order valence-electron chi connectivity index (χ4n) is 1.38. The zero-order valence-electron chi connectivity index (χ0n) is 8.85.